The molecule has 1 aromatic rings. The van der Waals surface area contributed by atoms with Crippen LogP contribution in [0.25, 0.3) is 0 Å². The van der Waals surface area contributed by atoms with Crippen molar-refractivity contribution >= 4 is 21.4 Å². The summed E-state index contributed by atoms with van der Waals surface area (Å²) in [6, 6.07) is 3.58. The number of hydrogen-bond donors (Lipinski definition) is 2. The molecule has 0 atom stereocenters. The summed E-state index contributed by atoms with van der Waals surface area (Å²) >= 11 is 0. The highest BCUT2D eigenvalue weighted by atomic mass is 32.2. The first-order valence-electron chi connectivity index (χ1n) is 5.28. The van der Waals surface area contributed by atoms with Crippen molar-refractivity contribution in [2.45, 2.75) is 18.0 Å². The van der Waals surface area contributed by atoms with E-state index in [4.69, 9.17) is 10.9 Å². The van der Waals surface area contributed by atoms with Crippen LogP contribution in [0.4, 0.5) is 24.5 Å². The molecule has 0 unspecified atom stereocenters. The summed E-state index contributed by atoms with van der Waals surface area (Å²) in [5, 5.41) is 4.99. The lowest BCUT2D eigenvalue weighted by Crippen LogP contribution is -2.35. The second-order valence-electron chi connectivity index (χ2n) is 3.90. The molecule has 0 spiro atoms. The minimum atomic E-state index is -4.45. The average molecular weight is 297 g/mol. The van der Waals surface area contributed by atoms with Gasteiger partial charge >= 0.3 is 6.18 Å². The monoisotopic (exact) mass is 297 g/mol. The number of sulfonamides is 1. The zero-order chi connectivity index (χ0) is 14.8. The van der Waals surface area contributed by atoms with Gasteiger partial charge in [0.15, 0.2) is 0 Å². The maximum absolute atomic E-state index is 12.4. The van der Waals surface area contributed by atoms with E-state index in [-0.39, 0.29) is 17.9 Å². The van der Waals surface area contributed by atoms with Gasteiger partial charge in [-0.3, -0.25) is 0 Å². The quantitative estimate of drug-likeness (QED) is 0.820. The fraction of sp³-hybridized carbons (Fsp3) is 0.400. The molecule has 0 radical (unpaired) electrons. The standard InChI is InChI=1S/C10H14F3N3O2S/c1-2-16(6-10(11,12)13)8-4-3-7(14)5-9(8)19(15,17)18/h3-5H,2,6,14H2,1H3,(H2,15,17,18). The Labute approximate surface area is 109 Å². The van der Waals surface area contributed by atoms with Crippen molar-refractivity contribution in [3.63, 3.8) is 0 Å². The van der Waals surface area contributed by atoms with E-state index >= 15 is 0 Å². The Morgan fingerprint density at radius 3 is 2.32 bits per heavy atom. The number of primary sulfonamides is 1. The van der Waals surface area contributed by atoms with E-state index in [9.17, 15) is 21.6 Å². The van der Waals surface area contributed by atoms with Gasteiger partial charge in [-0.2, -0.15) is 13.2 Å². The molecule has 0 heterocycles. The number of anilines is 2. The molecule has 108 valence electrons. The summed E-state index contributed by atoms with van der Waals surface area (Å²) in [7, 11) is -4.16. The molecule has 0 aliphatic rings. The highest BCUT2D eigenvalue weighted by Gasteiger charge is 2.32. The molecular formula is C10H14F3N3O2S. The molecule has 9 heteroatoms. The van der Waals surface area contributed by atoms with Crippen LogP contribution in [0.2, 0.25) is 0 Å². The maximum Gasteiger partial charge on any atom is 0.405 e. The lowest BCUT2D eigenvalue weighted by molar-refractivity contribution is -0.119. The number of nitrogens with zero attached hydrogens (tertiary/aromatic N) is 1. The number of alkyl halides is 3. The van der Waals surface area contributed by atoms with Crippen LogP contribution in [0.5, 0.6) is 0 Å². The van der Waals surface area contributed by atoms with E-state index in [0.717, 1.165) is 11.0 Å². The first-order chi connectivity index (χ1) is 8.54. The molecule has 4 N–H and O–H groups in total. The molecule has 5 nitrogen and oxygen atoms in total. The zero-order valence-electron chi connectivity index (χ0n) is 10.1. The van der Waals surface area contributed by atoms with Crippen molar-refractivity contribution < 1.29 is 21.6 Å². The average Bonchev–Trinajstić information content (AvgIpc) is 2.23. The number of halogens is 3. The van der Waals surface area contributed by atoms with Crippen molar-refractivity contribution in [1.82, 2.24) is 0 Å². The van der Waals surface area contributed by atoms with Gasteiger partial charge in [0, 0.05) is 12.2 Å². The molecule has 0 saturated heterocycles. The van der Waals surface area contributed by atoms with Crippen molar-refractivity contribution in [1.29, 1.82) is 0 Å². The van der Waals surface area contributed by atoms with Gasteiger partial charge in [0.1, 0.15) is 11.4 Å². The second kappa shape index (κ2) is 5.25. The Hall–Kier alpha value is -1.48. The predicted molar refractivity (Wildman–Crippen MR) is 66.2 cm³/mol. The number of nitrogens with two attached hydrogens (primary N) is 2. The number of benzene rings is 1. The first kappa shape index (κ1) is 15.6. The largest absolute Gasteiger partial charge is 0.405 e. The third kappa shape index (κ3) is 4.28. The normalized spacial score (nSPS) is 12.5. The van der Waals surface area contributed by atoms with Crippen LogP contribution < -0.4 is 15.8 Å². The molecule has 19 heavy (non-hydrogen) atoms. The van der Waals surface area contributed by atoms with Crippen LogP contribution in [0.1, 0.15) is 6.92 Å². The molecular weight excluding hydrogens is 283 g/mol. The zero-order valence-corrected chi connectivity index (χ0v) is 10.9. The summed E-state index contributed by atoms with van der Waals surface area (Å²) in [4.78, 5) is 0.456. The number of hydrogen-bond acceptors (Lipinski definition) is 4. The topological polar surface area (TPSA) is 89.4 Å². The SMILES string of the molecule is CCN(CC(F)(F)F)c1ccc(N)cc1S(N)(=O)=O. The summed E-state index contributed by atoms with van der Waals surface area (Å²) in [6.07, 6.45) is -4.45. The van der Waals surface area contributed by atoms with Crippen LogP contribution in [-0.2, 0) is 10.0 Å². The fourth-order valence-electron chi connectivity index (χ4n) is 1.60. The highest BCUT2D eigenvalue weighted by molar-refractivity contribution is 7.89. The lowest BCUT2D eigenvalue weighted by atomic mass is 10.2. The first-order valence-corrected chi connectivity index (χ1v) is 6.83. The molecule has 1 rings (SSSR count). The van der Waals surface area contributed by atoms with E-state index < -0.39 is 27.6 Å². The van der Waals surface area contributed by atoms with Crippen molar-refractivity contribution in [2.75, 3.05) is 23.7 Å². The summed E-state index contributed by atoms with van der Waals surface area (Å²) in [5.41, 5.74) is 5.43. The Balaban J connectivity index is 3.32. The van der Waals surface area contributed by atoms with Crippen LogP contribution >= 0.6 is 0 Å². The molecule has 0 fully saturated rings. The third-order valence-electron chi connectivity index (χ3n) is 2.38. The number of rotatable bonds is 4. The molecule has 0 aliphatic carbocycles. The molecule has 0 aromatic heterocycles. The molecule has 0 aliphatic heterocycles. The minimum Gasteiger partial charge on any atom is -0.399 e. The lowest BCUT2D eigenvalue weighted by Gasteiger charge is -2.26. The fourth-order valence-corrected chi connectivity index (χ4v) is 2.39. The van der Waals surface area contributed by atoms with Gasteiger partial charge in [-0.05, 0) is 25.1 Å². The van der Waals surface area contributed by atoms with Gasteiger partial charge in [-0.1, -0.05) is 0 Å². The van der Waals surface area contributed by atoms with Gasteiger partial charge in [-0.15, -0.1) is 0 Å². The van der Waals surface area contributed by atoms with E-state index in [1.807, 2.05) is 0 Å². The van der Waals surface area contributed by atoms with Gasteiger partial charge < -0.3 is 10.6 Å². The predicted octanol–water partition coefficient (Wildman–Crippen LogP) is 1.30. The van der Waals surface area contributed by atoms with E-state index in [1.165, 1.54) is 19.1 Å². The van der Waals surface area contributed by atoms with E-state index in [0.29, 0.717) is 0 Å². The minimum absolute atomic E-state index is 0.0219. The van der Waals surface area contributed by atoms with E-state index in [2.05, 4.69) is 0 Å². The summed E-state index contributed by atoms with van der Waals surface area (Å²) in [6.45, 7) is 0.191. The second-order valence-corrected chi connectivity index (χ2v) is 5.43. The highest BCUT2D eigenvalue weighted by Crippen LogP contribution is 2.29. The van der Waals surface area contributed by atoms with Gasteiger partial charge in [-0.25, -0.2) is 13.6 Å². The summed E-state index contributed by atoms with van der Waals surface area (Å²) < 4.78 is 60.1. The molecule has 0 amide bonds. The van der Waals surface area contributed by atoms with Gasteiger partial charge in [0.2, 0.25) is 10.0 Å². The number of nitrogen functional groups attached to an aromatic ring is 1. The molecule has 0 saturated carbocycles. The van der Waals surface area contributed by atoms with Gasteiger partial charge in [0.05, 0.1) is 5.69 Å². The Morgan fingerprint density at radius 1 is 1.32 bits per heavy atom. The van der Waals surface area contributed by atoms with Crippen molar-refractivity contribution in [3.8, 4) is 0 Å². The third-order valence-corrected chi connectivity index (χ3v) is 3.32. The van der Waals surface area contributed by atoms with Crippen LogP contribution in [0.3, 0.4) is 0 Å². The Morgan fingerprint density at radius 2 is 1.89 bits per heavy atom. The van der Waals surface area contributed by atoms with Crippen molar-refractivity contribution in [2.24, 2.45) is 5.14 Å². The van der Waals surface area contributed by atoms with Crippen LogP contribution in [0.15, 0.2) is 23.1 Å². The van der Waals surface area contributed by atoms with Crippen LogP contribution in [0, 0.1) is 0 Å². The Kier molecular flexibility index (Phi) is 4.31. The smallest absolute Gasteiger partial charge is 0.399 e. The molecule has 1 aromatic carbocycles. The van der Waals surface area contributed by atoms with Gasteiger partial charge in [0.25, 0.3) is 0 Å². The Bertz CT molecular complexity index is 558. The summed E-state index contributed by atoms with van der Waals surface area (Å²) in [5.74, 6) is 0. The maximum atomic E-state index is 12.4. The van der Waals surface area contributed by atoms with Crippen molar-refractivity contribution in [3.05, 3.63) is 18.2 Å². The molecule has 0 bridgehead atoms. The van der Waals surface area contributed by atoms with Crippen LogP contribution in [-0.4, -0.2) is 27.7 Å². The van der Waals surface area contributed by atoms with E-state index in [1.54, 1.807) is 0 Å².